The molecule has 1 atom stereocenters. The molecule has 1 fully saturated rings. The molecule has 8 nitrogen and oxygen atoms in total. The Morgan fingerprint density at radius 3 is 2.37 bits per heavy atom. The SMILES string of the molecule is Cc1ccc(Nc2ncc(-c3ccc(OC(F)F)cc3)cn2)cc1NC(=O)N1CCN(C)C(C(F)(F)F)C1. The lowest BCUT2D eigenvalue weighted by atomic mass is 10.1. The van der Waals surface area contributed by atoms with E-state index in [0.717, 1.165) is 10.5 Å². The van der Waals surface area contributed by atoms with E-state index < -0.39 is 31.4 Å². The van der Waals surface area contributed by atoms with E-state index in [1.54, 1.807) is 49.6 Å². The molecule has 1 aliphatic rings. The van der Waals surface area contributed by atoms with Crippen molar-refractivity contribution in [2.24, 2.45) is 0 Å². The van der Waals surface area contributed by atoms with Crippen molar-refractivity contribution < 1.29 is 31.5 Å². The minimum Gasteiger partial charge on any atom is -0.435 e. The first-order chi connectivity index (χ1) is 18.0. The first kappa shape index (κ1) is 27.0. The molecule has 1 saturated heterocycles. The average Bonchev–Trinajstić information content (AvgIpc) is 2.86. The Hall–Kier alpha value is -4.00. The van der Waals surface area contributed by atoms with Crippen molar-refractivity contribution >= 4 is 23.4 Å². The van der Waals surface area contributed by atoms with Gasteiger partial charge < -0.3 is 20.3 Å². The van der Waals surface area contributed by atoms with Crippen LogP contribution >= 0.6 is 0 Å². The molecule has 1 aliphatic heterocycles. The summed E-state index contributed by atoms with van der Waals surface area (Å²) >= 11 is 0. The zero-order chi connectivity index (χ0) is 27.4. The first-order valence-electron chi connectivity index (χ1n) is 11.6. The molecule has 2 heterocycles. The predicted octanol–water partition coefficient (Wildman–Crippen LogP) is 5.51. The molecule has 4 rings (SSSR count). The highest BCUT2D eigenvalue weighted by Crippen LogP contribution is 2.28. The van der Waals surface area contributed by atoms with Gasteiger partial charge in [0.2, 0.25) is 5.95 Å². The number of piperazine rings is 1. The van der Waals surface area contributed by atoms with Crippen molar-refractivity contribution in [3.63, 3.8) is 0 Å². The number of hydrogen-bond donors (Lipinski definition) is 2. The predicted molar refractivity (Wildman–Crippen MR) is 132 cm³/mol. The van der Waals surface area contributed by atoms with Gasteiger partial charge in [-0.25, -0.2) is 14.8 Å². The second kappa shape index (κ2) is 11.2. The van der Waals surface area contributed by atoms with Crippen molar-refractivity contribution in [3.05, 3.63) is 60.4 Å². The molecule has 1 unspecified atom stereocenters. The van der Waals surface area contributed by atoms with Gasteiger partial charge in [0.15, 0.2) is 0 Å². The normalized spacial score (nSPS) is 16.4. The van der Waals surface area contributed by atoms with Crippen LogP contribution in [0, 0.1) is 6.92 Å². The fourth-order valence-corrected chi connectivity index (χ4v) is 3.94. The Morgan fingerprint density at radius 2 is 1.74 bits per heavy atom. The Bertz CT molecular complexity index is 1250. The van der Waals surface area contributed by atoms with E-state index >= 15 is 0 Å². The van der Waals surface area contributed by atoms with Crippen LogP contribution in [0.25, 0.3) is 11.1 Å². The summed E-state index contributed by atoms with van der Waals surface area (Å²) in [4.78, 5) is 23.6. The number of ether oxygens (including phenoxy) is 1. The Morgan fingerprint density at radius 1 is 1.05 bits per heavy atom. The van der Waals surface area contributed by atoms with Gasteiger partial charge in [-0.05, 0) is 49.4 Å². The molecule has 0 radical (unpaired) electrons. The number of urea groups is 1. The highest BCUT2D eigenvalue weighted by atomic mass is 19.4. The van der Waals surface area contributed by atoms with E-state index in [2.05, 4.69) is 25.3 Å². The van der Waals surface area contributed by atoms with Crippen molar-refractivity contribution in [3.8, 4) is 16.9 Å². The van der Waals surface area contributed by atoms with E-state index in [-0.39, 0.29) is 24.8 Å². The number of carbonyl (C=O) groups is 1. The van der Waals surface area contributed by atoms with Crippen LogP contribution < -0.4 is 15.4 Å². The number of alkyl halides is 5. The Labute approximate surface area is 215 Å². The average molecular weight is 537 g/mol. The number of rotatable bonds is 6. The molecular formula is C25H25F5N6O2. The second-order valence-corrected chi connectivity index (χ2v) is 8.77. The molecule has 13 heteroatoms. The fraction of sp³-hybridized carbons (Fsp3) is 0.320. The topological polar surface area (TPSA) is 82.6 Å². The molecule has 2 amide bonds. The van der Waals surface area contributed by atoms with Gasteiger partial charge in [0.05, 0.1) is 0 Å². The lowest BCUT2D eigenvalue weighted by Crippen LogP contribution is -2.59. The van der Waals surface area contributed by atoms with Crippen LogP contribution in [0.5, 0.6) is 5.75 Å². The fourth-order valence-electron chi connectivity index (χ4n) is 3.94. The van der Waals surface area contributed by atoms with Gasteiger partial charge in [-0.15, -0.1) is 0 Å². The minimum atomic E-state index is -4.44. The first-order valence-corrected chi connectivity index (χ1v) is 11.6. The van der Waals surface area contributed by atoms with Crippen molar-refractivity contribution in [1.82, 2.24) is 19.8 Å². The monoisotopic (exact) mass is 536 g/mol. The minimum absolute atomic E-state index is 0.0398. The number of amides is 2. The number of nitrogens with one attached hydrogen (secondary N) is 2. The van der Waals surface area contributed by atoms with Crippen LogP contribution in [0.4, 0.5) is 44.1 Å². The molecule has 2 N–H and O–H groups in total. The number of benzene rings is 2. The smallest absolute Gasteiger partial charge is 0.405 e. The highest BCUT2D eigenvalue weighted by molar-refractivity contribution is 5.91. The lowest BCUT2D eigenvalue weighted by molar-refractivity contribution is -0.189. The van der Waals surface area contributed by atoms with E-state index in [1.807, 2.05) is 0 Å². The second-order valence-electron chi connectivity index (χ2n) is 8.77. The van der Waals surface area contributed by atoms with Gasteiger partial charge in [0.1, 0.15) is 11.8 Å². The number of aromatic nitrogens is 2. The van der Waals surface area contributed by atoms with Crippen LogP contribution in [0.3, 0.4) is 0 Å². The zero-order valence-electron chi connectivity index (χ0n) is 20.5. The largest absolute Gasteiger partial charge is 0.435 e. The van der Waals surface area contributed by atoms with Crippen molar-refractivity contribution in [1.29, 1.82) is 0 Å². The maximum Gasteiger partial charge on any atom is 0.405 e. The number of nitrogens with zero attached hydrogens (tertiary/aromatic N) is 4. The third kappa shape index (κ3) is 6.65. The quantitative estimate of drug-likeness (QED) is 0.405. The van der Waals surface area contributed by atoms with Crippen molar-refractivity contribution in [2.45, 2.75) is 25.8 Å². The van der Waals surface area contributed by atoms with Crippen LogP contribution in [-0.4, -0.2) is 71.3 Å². The molecule has 3 aromatic rings. The summed E-state index contributed by atoms with van der Waals surface area (Å²) in [6.07, 6.45) is -1.32. The number of anilines is 3. The van der Waals surface area contributed by atoms with Crippen molar-refractivity contribution in [2.75, 3.05) is 37.3 Å². The molecule has 1 aromatic heterocycles. The molecule has 0 saturated carbocycles. The summed E-state index contributed by atoms with van der Waals surface area (Å²) in [6.45, 7) is -1.30. The van der Waals surface area contributed by atoms with E-state index in [4.69, 9.17) is 0 Å². The van der Waals surface area contributed by atoms with Gasteiger partial charge in [-0.3, -0.25) is 4.90 Å². The number of carbonyl (C=O) groups excluding carboxylic acids is 1. The van der Waals surface area contributed by atoms with E-state index in [1.165, 1.54) is 24.1 Å². The summed E-state index contributed by atoms with van der Waals surface area (Å²) in [5.41, 5.74) is 3.07. The van der Waals surface area contributed by atoms with Crippen LogP contribution in [0.1, 0.15) is 5.56 Å². The number of halogens is 5. The van der Waals surface area contributed by atoms with Gasteiger partial charge >= 0.3 is 18.8 Å². The van der Waals surface area contributed by atoms with Gasteiger partial charge in [0, 0.05) is 49.0 Å². The standard InChI is InChI=1S/C25H25F5N6O2/c1-15-3-6-18(11-20(15)34-24(37)36-10-9-35(2)21(14-36)25(28,29)30)33-23-31-12-17(13-32-23)16-4-7-19(8-5-16)38-22(26)27/h3-8,11-13,21-22H,9-10,14H2,1-2H3,(H,34,37)(H,31,32,33). The highest BCUT2D eigenvalue weighted by Gasteiger charge is 2.45. The summed E-state index contributed by atoms with van der Waals surface area (Å²) in [5, 5.41) is 5.72. The summed E-state index contributed by atoms with van der Waals surface area (Å²) in [7, 11) is 1.39. The summed E-state index contributed by atoms with van der Waals surface area (Å²) in [6, 6.07) is 8.85. The molecule has 202 valence electrons. The molecule has 38 heavy (non-hydrogen) atoms. The molecule has 0 bridgehead atoms. The third-order valence-electron chi connectivity index (χ3n) is 6.11. The summed E-state index contributed by atoms with van der Waals surface area (Å²) < 4.78 is 68.9. The lowest BCUT2D eigenvalue weighted by Gasteiger charge is -2.40. The molecule has 0 aliphatic carbocycles. The van der Waals surface area contributed by atoms with Crippen LogP contribution in [0.15, 0.2) is 54.9 Å². The maximum absolute atomic E-state index is 13.3. The number of likely N-dealkylation sites (N-methyl/N-ethyl adjacent to an activating group) is 1. The van der Waals surface area contributed by atoms with Crippen LogP contribution in [-0.2, 0) is 0 Å². The van der Waals surface area contributed by atoms with E-state index in [0.29, 0.717) is 22.5 Å². The molecule has 0 spiro atoms. The number of aryl methyl sites for hydroxylation is 1. The maximum atomic E-state index is 13.3. The summed E-state index contributed by atoms with van der Waals surface area (Å²) in [5.74, 6) is 0.303. The Balaban J connectivity index is 1.41. The molecular weight excluding hydrogens is 511 g/mol. The van der Waals surface area contributed by atoms with Crippen LogP contribution in [0.2, 0.25) is 0 Å². The van der Waals surface area contributed by atoms with Gasteiger partial charge in [-0.1, -0.05) is 18.2 Å². The zero-order valence-corrected chi connectivity index (χ0v) is 20.5. The molecule has 2 aromatic carbocycles. The Kier molecular flexibility index (Phi) is 7.95. The van der Waals surface area contributed by atoms with Gasteiger partial charge in [-0.2, -0.15) is 22.0 Å². The third-order valence-corrected chi connectivity index (χ3v) is 6.11. The van der Waals surface area contributed by atoms with E-state index in [9.17, 15) is 26.7 Å². The van der Waals surface area contributed by atoms with Gasteiger partial charge in [0.25, 0.3) is 0 Å². The number of hydrogen-bond acceptors (Lipinski definition) is 6.